The standard InChI is InChI=1S/C12H18N2/c13-8-12(14)7-9-5-10-3-1-2-4-11(10)6-9/h1-4,9,12H,5-8,13-14H2. The van der Waals surface area contributed by atoms with Crippen molar-refractivity contribution in [2.45, 2.75) is 25.3 Å². The van der Waals surface area contributed by atoms with E-state index in [1.807, 2.05) is 0 Å². The summed E-state index contributed by atoms with van der Waals surface area (Å²) in [6.45, 7) is 0.604. The lowest BCUT2D eigenvalue weighted by Gasteiger charge is -2.13. The van der Waals surface area contributed by atoms with Gasteiger partial charge in [0.2, 0.25) is 0 Å². The molecule has 0 saturated carbocycles. The van der Waals surface area contributed by atoms with Gasteiger partial charge < -0.3 is 11.5 Å². The summed E-state index contributed by atoms with van der Waals surface area (Å²) < 4.78 is 0. The van der Waals surface area contributed by atoms with Gasteiger partial charge in [-0.2, -0.15) is 0 Å². The fourth-order valence-electron chi connectivity index (χ4n) is 2.34. The summed E-state index contributed by atoms with van der Waals surface area (Å²) in [6.07, 6.45) is 3.43. The number of hydrogen-bond donors (Lipinski definition) is 2. The molecule has 2 heteroatoms. The topological polar surface area (TPSA) is 52.0 Å². The van der Waals surface area contributed by atoms with Gasteiger partial charge in [0.1, 0.15) is 0 Å². The Morgan fingerprint density at radius 1 is 1.21 bits per heavy atom. The minimum absolute atomic E-state index is 0.175. The maximum absolute atomic E-state index is 5.86. The summed E-state index contributed by atoms with van der Waals surface area (Å²) in [7, 11) is 0. The van der Waals surface area contributed by atoms with E-state index in [-0.39, 0.29) is 6.04 Å². The van der Waals surface area contributed by atoms with Gasteiger partial charge >= 0.3 is 0 Å². The van der Waals surface area contributed by atoms with E-state index in [1.54, 1.807) is 0 Å². The zero-order valence-electron chi connectivity index (χ0n) is 8.45. The van der Waals surface area contributed by atoms with Crippen LogP contribution < -0.4 is 11.5 Å². The smallest absolute Gasteiger partial charge is 0.0165 e. The van der Waals surface area contributed by atoms with E-state index in [0.29, 0.717) is 12.5 Å². The summed E-state index contributed by atoms with van der Waals surface area (Å²) in [4.78, 5) is 0. The van der Waals surface area contributed by atoms with Crippen molar-refractivity contribution in [3.8, 4) is 0 Å². The second-order valence-corrected chi connectivity index (χ2v) is 4.27. The minimum atomic E-state index is 0.175. The first-order chi connectivity index (χ1) is 6.79. The van der Waals surface area contributed by atoms with Gasteiger partial charge in [-0.25, -0.2) is 0 Å². The van der Waals surface area contributed by atoms with E-state index >= 15 is 0 Å². The molecule has 0 bridgehead atoms. The second-order valence-electron chi connectivity index (χ2n) is 4.27. The molecule has 1 aliphatic rings. The lowest BCUT2D eigenvalue weighted by Crippen LogP contribution is -2.32. The molecule has 0 aromatic heterocycles. The highest BCUT2D eigenvalue weighted by Gasteiger charge is 2.22. The Hall–Kier alpha value is -0.860. The average Bonchev–Trinajstić information content (AvgIpc) is 2.59. The second kappa shape index (κ2) is 4.11. The highest BCUT2D eigenvalue weighted by Crippen LogP contribution is 2.28. The van der Waals surface area contributed by atoms with Crippen molar-refractivity contribution in [2.75, 3.05) is 6.54 Å². The third kappa shape index (κ3) is 1.97. The maximum atomic E-state index is 5.86. The lowest BCUT2D eigenvalue weighted by atomic mass is 9.97. The van der Waals surface area contributed by atoms with Crippen molar-refractivity contribution < 1.29 is 0 Å². The third-order valence-corrected chi connectivity index (χ3v) is 3.07. The summed E-state index contributed by atoms with van der Waals surface area (Å²) in [5, 5.41) is 0. The molecule has 1 aromatic carbocycles. The fourth-order valence-corrected chi connectivity index (χ4v) is 2.34. The van der Waals surface area contributed by atoms with Gasteiger partial charge in [0.05, 0.1) is 0 Å². The molecule has 0 radical (unpaired) electrons. The molecule has 1 aliphatic carbocycles. The Morgan fingerprint density at radius 2 is 1.79 bits per heavy atom. The molecule has 1 atom stereocenters. The predicted molar refractivity (Wildman–Crippen MR) is 59.0 cm³/mol. The number of hydrogen-bond acceptors (Lipinski definition) is 2. The molecule has 76 valence electrons. The third-order valence-electron chi connectivity index (χ3n) is 3.07. The summed E-state index contributed by atoms with van der Waals surface area (Å²) in [6, 6.07) is 8.86. The molecule has 2 nitrogen and oxygen atoms in total. The van der Waals surface area contributed by atoms with E-state index < -0.39 is 0 Å². The first-order valence-electron chi connectivity index (χ1n) is 5.32. The molecule has 0 aliphatic heterocycles. The Bertz CT molecular complexity index is 284. The molecule has 2 rings (SSSR count). The quantitative estimate of drug-likeness (QED) is 0.749. The van der Waals surface area contributed by atoms with Crippen LogP contribution in [0, 0.1) is 5.92 Å². The van der Waals surface area contributed by atoms with Gasteiger partial charge in [-0.1, -0.05) is 24.3 Å². The average molecular weight is 190 g/mol. The molecule has 0 amide bonds. The molecular formula is C12H18N2. The SMILES string of the molecule is NCC(N)CC1Cc2ccccc2C1. The molecule has 0 heterocycles. The highest BCUT2D eigenvalue weighted by atomic mass is 14.7. The highest BCUT2D eigenvalue weighted by molar-refractivity contribution is 5.32. The van der Waals surface area contributed by atoms with Crippen molar-refractivity contribution in [1.29, 1.82) is 0 Å². The number of fused-ring (bicyclic) bond motifs is 1. The molecule has 0 saturated heterocycles. The summed E-state index contributed by atoms with van der Waals surface area (Å²) >= 11 is 0. The first-order valence-corrected chi connectivity index (χ1v) is 5.32. The van der Waals surface area contributed by atoms with Crippen molar-refractivity contribution in [3.63, 3.8) is 0 Å². The number of benzene rings is 1. The zero-order valence-corrected chi connectivity index (χ0v) is 8.45. The Labute approximate surface area is 85.3 Å². The molecule has 1 unspecified atom stereocenters. The minimum Gasteiger partial charge on any atom is -0.329 e. The molecule has 4 N–H and O–H groups in total. The molecule has 1 aromatic rings. The van der Waals surface area contributed by atoms with Crippen LogP contribution in [-0.4, -0.2) is 12.6 Å². The van der Waals surface area contributed by atoms with Crippen molar-refractivity contribution in [3.05, 3.63) is 35.4 Å². The van der Waals surface area contributed by atoms with Crippen LogP contribution in [0.3, 0.4) is 0 Å². The normalized spacial score (nSPS) is 18.1. The summed E-state index contributed by atoms with van der Waals surface area (Å²) in [5.74, 6) is 0.714. The molecule has 14 heavy (non-hydrogen) atoms. The van der Waals surface area contributed by atoms with Crippen LogP contribution in [0.2, 0.25) is 0 Å². The van der Waals surface area contributed by atoms with Crippen LogP contribution in [0.1, 0.15) is 17.5 Å². The van der Waals surface area contributed by atoms with Gasteiger partial charge in [0.15, 0.2) is 0 Å². The van der Waals surface area contributed by atoms with E-state index in [0.717, 1.165) is 6.42 Å². The van der Waals surface area contributed by atoms with Gasteiger partial charge in [-0.15, -0.1) is 0 Å². The van der Waals surface area contributed by atoms with E-state index in [1.165, 1.54) is 24.0 Å². The van der Waals surface area contributed by atoms with E-state index in [2.05, 4.69) is 24.3 Å². The van der Waals surface area contributed by atoms with Crippen molar-refractivity contribution in [1.82, 2.24) is 0 Å². The maximum Gasteiger partial charge on any atom is 0.0165 e. The Balaban J connectivity index is 1.98. The van der Waals surface area contributed by atoms with E-state index in [4.69, 9.17) is 11.5 Å². The van der Waals surface area contributed by atoms with E-state index in [9.17, 15) is 0 Å². The zero-order chi connectivity index (χ0) is 9.97. The van der Waals surface area contributed by atoms with Crippen LogP contribution in [0.25, 0.3) is 0 Å². The van der Waals surface area contributed by atoms with Gasteiger partial charge in [-0.3, -0.25) is 0 Å². The number of nitrogens with two attached hydrogens (primary N) is 2. The fraction of sp³-hybridized carbons (Fsp3) is 0.500. The van der Waals surface area contributed by atoms with Crippen LogP contribution in [0.5, 0.6) is 0 Å². The largest absolute Gasteiger partial charge is 0.329 e. The summed E-state index contributed by atoms with van der Waals surface area (Å²) in [5.41, 5.74) is 14.4. The Kier molecular flexibility index (Phi) is 2.85. The van der Waals surface area contributed by atoms with Crippen LogP contribution in [0.15, 0.2) is 24.3 Å². The first kappa shape index (κ1) is 9.69. The Morgan fingerprint density at radius 3 is 2.29 bits per heavy atom. The van der Waals surface area contributed by atoms with Crippen LogP contribution in [-0.2, 0) is 12.8 Å². The van der Waals surface area contributed by atoms with Crippen LogP contribution in [0.4, 0.5) is 0 Å². The molecule has 0 spiro atoms. The monoisotopic (exact) mass is 190 g/mol. The molecule has 0 fully saturated rings. The lowest BCUT2D eigenvalue weighted by molar-refractivity contribution is 0.453. The van der Waals surface area contributed by atoms with Gasteiger partial charge in [0.25, 0.3) is 0 Å². The van der Waals surface area contributed by atoms with Crippen molar-refractivity contribution in [2.24, 2.45) is 17.4 Å². The van der Waals surface area contributed by atoms with Gasteiger partial charge in [-0.05, 0) is 36.3 Å². The van der Waals surface area contributed by atoms with Crippen LogP contribution >= 0.6 is 0 Å². The van der Waals surface area contributed by atoms with Crippen molar-refractivity contribution >= 4 is 0 Å². The molecular weight excluding hydrogens is 172 g/mol. The number of rotatable bonds is 3. The van der Waals surface area contributed by atoms with Gasteiger partial charge in [0, 0.05) is 12.6 Å². The predicted octanol–water partition coefficient (Wildman–Crippen LogP) is 1.08.